The lowest BCUT2D eigenvalue weighted by Gasteiger charge is -2.11. The third-order valence-electron chi connectivity index (χ3n) is 2.35. The summed E-state index contributed by atoms with van der Waals surface area (Å²) in [6.45, 7) is 0. The van der Waals surface area contributed by atoms with Crippen LogP contribution in [-0.2, 0) is 0 Å². The Kier molecular flexibility index (Phi) is 3.43. The molecule has 5 nitrogen and oxygen atoms in total. The van der Waals surface area contributed by atoms with Gasteiger partial charge in [-0.05, 0) is 37.2 Å². The zero-order chi connectivity index (χ0) is 12.3. The number of phenols is 1. The molecule has 4 N–H and O–H groups in total. The second-order valence-electron chi connectivity index (χ2n) is 3.84. The molecule has 1 aliphatic rings. The van der Waals surface area contributed by atoms with Crippen LogP contribution < -0.4 is 16.2 Å². The van der Waals surface area contributed by atoms with E-state index >= 15 is 0 Å². The molecule has 0 radical (unpaired) electrons. The number of rotatable bonds is 2. The number of carbonyl (C=O) groups excluding carboxylic acids is 1. The van der Waals surface area contributed by atoms with E-state index in [4.69, 9.17) is 12.2 Å². The summed E-state index contributed by atoms with van der Waals surface area (Å²) in [7, 11) is 0. The zero-order valence-electron chi connectivity index (χ0n) is 9.06. The molecule has 1 aliphatic carbocycles. The molecular weight excluding hydrogens is 238 g/mol. The molecule has 0 aliphatic heterocycles. The van der Waals surface area contributed by atoms with Crippen LogP contribution in [-0.4, -0.2) is 22.2 Å². The highest BCUT2D eigenvalue weighted by Crippen LogP contribution is 2.18. The molecule has 1 fully saturated rings. The molecule has 6 heteroatoms. The van der Waals surface area contributed by atoms with Gasteiger partial charge in [-0.1, -0.05) is 12.1 Å². The van der Waals surface area contributed by atoms with E-state index in [0.717, 1.165) is 12.8 Å². The van der Waals surface area contributed by atoms with Crippen LogP contribution >= 0.6 is 12.2 Å². The molecule has 0 unspecified atom stereocenters. The normalized spacial score (nSPS) is 13.9. The number of nitrogens with one attached hydrogen (secondary N) is 3. The number of carbonyl (C=O) groups is 1. The Morgan fingerprint density at radius 1 is 1.29 bits per heavy atom. The predicted octanol–water partition coefficient (Wildman–Crippen LogP) is 0.663. The van der Waals surface area contributed by atoms with Crippen molar-refractivity contribution >= 4 is 23.2 Å². The molecule has 1 saturated carbocycles. The van der Waals surface area contributed by atoms with E-state index < -0.39 is 5.91 Å². The third kappa shape index (κ3) is 3.32. The van der Waals surface area contributed by atoms with Crippen LogP contribution in [0.15, 0.2) is 24.3 Å². The van der Waals surface area contributed by atoms with Crippen molar-refractivity contribution in [3.63, 3.8) is 0 Å². The van der Waals surface area contributed by atoms with Gasteiger partial charge < -0.3 is 10.4 Å². The Morgan fingerprint density at radius 3 is 2.65 bits per heavy atom. The van der Waals surface area contributed by atoms with Crippen LogP contribution in [0.25, 0.3) is 0 Å². The van der Waals surface area contributed by atoms with Gasteiger partial charge in [0.15, 0.2) is 5.11 Å². The van der Waals surface area contributed by atoms with Gasteiger partial charge in [0.1, 0.15) is 5.75 Å². The highest BCUT2D eigenvalue weighted by atomic mass is 32.1. The summed E-state index contributed by atoms with van der Waals surface area (Å²) >= 11 is 4.97. The Hall–Kier alpha value is -1.82. The van der Waals surface area contributed by atoms with E-state index in [1.165, 1.54) is 12.1 Å². The third-order valence-corrected chi connectivity index (χ3v) is 2.57. The standard InChI is InChI=1S/C11H13N3O2S/c15-9-4-2-1-3-8(9)10(16)13-14-11(17)12-7-5-6-7/h1-4,7,15H,5-6H2,(H,13,16)(H2,12,14,17). The molecule has 0 atom stereocenters. The number of hydrazine groups is 1. The van der Waals surface area contributed by atoms with Gasteiger partial charge >= 0.3 is 0 Å². The van der Waals surface area contributed by atoms with Crippen molar-refractivity contribution in [1.29, 1.82) is 0 Å². The number of hydrogen-bond donors (Lipinski definition) is 4. The zero-order valence-corrected chi connectivity index (χ0v) is 9.88. The lowest BCUT2D eigenvalue weighted by Crippen LogP contribution is -2.47. The molecule has 0 aromatic heterocycles. The predicted molar refractivity (Wildman–Crippen MR) is 67.5 cm³/mol. The maximum atomic E-state index is 11.7. The molecule has 17 heavy (non-hydrogen) atoms. The van der Waals surface area contributed by atoms with Gasteiger partial charge in [-0.3, -0.25) is 15.6 Å². The van der Waals surface area contributed by atoms with Gasteiger partial charge in [0.05, 0.1) is 5.56 Å². The largest absolute Gasteiger partial charge is 0.507 e. The minimum absolute atomic E-state index is 0.0622. The average Bonchev–Trinajstić information content (AvgIpc) is 3.10. The molecule has 2 rings (SSSR count). The Morgan fingerprint density at radius 2 is 2.00 bits per heavy atom. The molecule has 0 heterocycles. The van der Waals surface area contributed by atoms with E-state index in [-0.39, 0.29) is 11.3 Å². The molecule has 1 aromatic carbocycles. The lowest BCUT2D eigenvalue weighted by atomic mass is 10.2. The van der Waals surface area contributed by atoms with Crippen molar-refractivity contribution in [2.75, 3.05) is 0 Å². The first kappa shape index (κ1) is 11.7. The number of thiocarbonyl (C=S) groups is 1. The van der Waals surface area contributed by atoms with E-state index in [2.05, 4.69) is 16.2 Å². The fraction of sp³-hybridized carbons (Fsp3) is 0.273. The highest BCUT2D eigenvalue weighted by molar-refractivity contribution is 7.80. The maximum Gasteiger partial charge on any atom is 0.273 e. The van der Waals surface area contributed by atoms with Crippen LogP contribution in [0.4, 0.5) is 0 Å². The molecule has 0 bridgehead atoms. The van der Waals surface area contributed by atoms with E-state index in [9.17, 15) is 9.90 Å². The van der Waals surface area contributed by atoms with Crippen molar-refractivity contribution in [3.8, 4) is 5.75 Å². The summed E-state index contributed by atoms with van der Waals surface area (Å²) in [6.07, 6.45) is 2.21. The van der Waals surface area contributed by atoms with Crippen LogP contribution in [0.3, 0.4) is 0 Å². The smallest absolute Gasteiger partial charge is 0.273 e. The van der Waals surface area contributed by atoms with Gasteiger partial charge in [-0.15, -0.1) is 0 Å². The molecule has 0 spiro atoms. The van der Waals surface area contributed by atoms with Gasteiger partial charge in [-0.25, -0.2) is 0 Å². The van der Waals surface area contributed by atoms with Gasteiger partial charge in [0.25, 0.3) is 5.91 Å². The minimum atomic E-state index is -0.428. The van der Waals surface area contributed by atoms with Gasteiger partial charge in [-0.2, -0.15) is 0 Å². The van der Waals surface area contributed by atoms with Crippen LogP contribution in [0.5, 0.6) is 5.75 Å². The van der Waals surface area contributed by atoms with E-state index in [1.807, 2.05) is 0 Å². The second-order valence-corrected chi connectivity index (χ2v) is 4.25. The first-order valence-electron chi connectivity index (χ1n) is 5.31. The number of benzene rings is 1. The Bertz CT molecular complexity index is 446. The number of hydrogen-bond acceptors (Lipinski definition) is 3. The van der Waals surface area contributed by atoms with Crippen LogP contribution in [0, 0.1) is 0 Å². The lowest BCUT2D eigenvalue weighted by molar-refractivity contribution is 0.0941. The Labute approximate surface area is 104 Å². The number of amides is 1. The molecule has 1 amide bonds. The topological polar surface area (TPSA) is 73.4 Å². The number of aromatic hydroxyl groups is 1. The summed E-state index contributed by atoms with van der Waals surface area (Å²) < 4.78 is 0. The van der Waals surface area contributed by atoms with Crippen LogP contribution in [0.2, 0.25) is 0 Å². The van der Waals surface area contributed by atoms with Crippen LogP contribution in [0.1, 0.15) is 23.2 Å². The average molecular weight is 251 g/mol. The van der Waals surface area contributed by atoms with Gasteiger partial charge in [0, 0.05) is 6.04 Å². The molecule has 1 aromatic rings. The Balaban J connectivity index is 1.84. The molecule has 90 valence electrons. The monoisotopic (exact) mass is 251 g/mol. The first-order valence-corrected chi connectivity index (χ1v) is 5.72. The summed E-state index contributed by atoms with van der Waals surface area (Å²) in [5.74, 6) is -0.490. The fourth-order valence-corrected chi connectivity index (χ4v) is 1.51. The quantitative estimate of drug-likeness (QED) is 0.459. The fourth-order valence-electron chi connectivity index (χ4n) is 1.30. The summed E-state index contributed by atoms with van der Waals surface area (Å²) in [6, 6.07) is 6.74. The molecule has 0 saturated heterocycles. The van der Waals surface area contributed by atoms with E-state index in [1.54, 1.807) is 12.1 Å². The van der Waals surface area contributed by atoms with Gasteiger partial charge in [0.2, 0.25) is 0 Å². The number of para-hydroxylation sites is 1. The number of phenolic OH excluding ortho intramolecular Hbond substituents is 1. The SMILES string of the molecule is O=C(NNC(=S)NC1CC1)c1ccccc1O. The summed E-state index contributed by atoms with van der Waals surface area (Å²) in [5.41, 5.74) is 5.21. The van der Waals surface area contributed by atoms with Crippen molar-refractivity contribution in [3.05, 3.63) is 29.8 Å². The maximum absolute atomic E-state index is 11.7. The molecular formula is C11H13N3O2S. The van der Waals surface area contributed by atoms with Crippen molar-refractivity contribution < 1.29 is 9.90 Å². The summed E-state index contributed by atoms with van der Waals surface area (Å²) in [5, 5.41) is 12.9. The highest BCUT2D eigenvalue weighted by Gasteiger charge is 2.21. The minimum Gasteiger partial charge on any atom is -0.507 e. The summed E-state index contributed by atoms with van der Waals surface area (Å²) in [4.78, 5) is 11.7. The van der Waals surface area contributed by atoms with Crippen molar-refractivity contribution in [2.24, 2.45) is 0 Å². The first-order chi connectivity index (χ1) is 8.16. The van der Waals surface area contributed by atoms with E-state index in [0.29, 0.717) is 11.2 Å². The van der Waals surface area contributed by atoms with Crippen molar-refractivity contribution in [1.82, 2.24) is 16.2 Å². The second kappa shape index (κ2) is 5.01. The van der Waals surface area contributed by atoms with Crippen molar-refractivity contribution in [2.45, 2.75) is 18.9 Å².